The van der Waals surface area contributed by atoms with Crippen molar-refractivity contribution in [3.05, 3.63) is 23.2 Å². The lowest BCUT2D eigenvalue weighted by Crippen LogP contribution is -2.41. The van der Waals surface area contributed by atoms with E-state index in [0.29, 0.717) is 28.9 Å². The number of thioether (sulfide) groups is 1. The largest absolute Gasteiger partial charge is 0.397 e. The second-order valence-corrected chi connectivity index (χ2v) is 6.90. The van der Waals surface area contributed by atoms with Gasteiger partial charge in [-0.2, -0.15) is 11.8 Å². The minimum Gasteiger partial charge on any atom is -0.397 e. The third kappa shape index (κ3) is 5.09. The molecule has 0 aromatic heterocycles. The van der Waals surface area contributed by atoms with Gasteiger partial charge in [-0.15, -0.1) is 0 Å². The fourth-order valence-electron chi connectivity index (χ4n) is 2.38. The molecule has 116 valence electrons. The normalized spacial score (nSPS) is 19.4. The number of nitrogens with two attached hydrogens (primary N) is 1. The van der Waals surface area contributed by atoms with Gasteiger partial charge in [-0.25, -0.2) is 0 Å². The fraction of sp³-hybridized carbons (Fsp3) is 0.533. The molecule has 2 rings (SSSR count). The van der Waals surface area contributed by atoms with Crippen molar-refractivity contribution >= 4 is 40.6 Å². The van der Waals surface area contributed by atoms with Crippen molar-refractivity contribution in [2.24, 2.45) is 0 Å². The molecule has 0 saturated carbocycles. The topological polar surface area (TPSA) is 58.4 Å². The first kappa shape index (κ1) is 16.5. The quantitative estimate of drug-likeness (QED) is 0.816. The van der Waals surface area contributed by atoms with Crippen LogP contribution in [0.2, 0.25) is 5.02 Å². The molecule has 1 aliphatic rings. The van der Waals surface area contributed by atoms with Crippen LogP contribution in [0.4, 0.5) is 11.4 Å². The number of benzene rings is 1. The molecule has 1 unspecified atom stereocenters. The zero-order valence-corrected chi connectivity index (χ0v) is 13.8. The highest BCUT2D eigenvalue weighted by Crippen LogP contribution is 2.22. The average molecular weight is 328 g/mol. The van der Waals surface area contributed by atoms with Crippen molar-refractivity contribution in [2.75, 3.05) is 35.6 Å². The minimum absolute atomic E-state index is 0.0239. The number of carbonyl (C=O) groups excluding carboxylic acids is 1. The summed E-state index contributed by atoms with van der Waals surface area (Å²) in [7, 11) is 0. The van der Waals surface area contributed by atoms with E-state index in [4.69, 9.17) is 17.3 Å². The van der Waals surface area contributed by atoms with Gasteiger partial charge in [0.25, 0.3) is 0 Å². The van der Waals surface area contributed by atoms with Gasteiger partial charge in [-0.1, -0.05) is 11.6 Å². The van der Waals surface area contributed by atoms with Crippen LogP contribution in [0.5, 0.6) is 0 Å². The summed E-state index contributed by atoms with van der Waals surface area (Å²) in [6.45, 7) is 4.36. The highest BCUT2D eigenvalue weighted by Gasteiger charge is 2.18. The van der Waals surface area contributed by atoms with Crippen molar-refractivity contribution in [3.8, 4) is 0 Å². The molecule has 1 amide bonds. The molecule has 1 heterocycles. The molecule has 0 bridgehead atoms. The summed E-state index contributed by atoms with van der Waals surface area (Å²) in [6.07, 6.45) is 1.41. The number of carbonyl (C=O) groups is 1. The predicted octanol–water partition coefficient (Wildman–Crippen LogP) is 3.08. The van der Waals surface area contributed by atoms with Crippen molar-refractivity contribution in [2.45, 2.75) is 25.8 Å². The van der Waals surface area contributed by atoms with E-state index in [0.717, 1.165) is 19.5 Å². The molecule has 0 radical (unpaired) electrons. The van der Waals surface area contributed by atoms with Crippen molar-refractivity contribution < 1.29 is 4.79 Å². The summed E-state index contributed by atoms with van der Waals surface area (Å²) >= 11 is 7.86. The predicted molar refractivity (Wildman–Crippen MR) is 92.1 cm³/mol. The molecule has 0 spiro atoms. The number of halogens is 1. The van der Waals surface area contributed by atoms with E-state index in [2.05, 4.69) is 17.1 Å². The van der Waals surface area contributed by atoms with Gasteiger partial charge in [0.15, 0.2) is 0 Å². The summed E-state index contributed by atoms with van der Waals surface area (Å²) in [5.74, 6) is 2.41. The lowest BCUT2D eigenvalue weighted by Gasteiger charge is -2.32. The lowest BCUT2D eigenvalue weighted by molar-refractivity contribution is -0.116. The molecule has 4 nitrogen and oxygen atoms in total. The molecule has 1 aromatic rings. The third-order valence-corrected chi connectivity index (χ3v) is 5.17. The van der Waals surface area contributed by atoms with Crippen LogP contribution in [0.15, 0.2) is 18.2 Å². The molecule has 6 heteroatoms. The standard InChI is InChI=1S/C15H22ClN3OS/c1-11-10-21-8-7-19(11)6-2-3-15(20)18-12-4-5-13(16)14(17)9-12/h4-5,9,11H,2-3,6-8,10,17H2,1H3,(H,18,20). The minimum atomic E-state index is 0.0239. The molecule has 3 N–H and O–H groups in total. The number of anilines is 2. The highest BCUT2D eigenvalue weighted by molar-refractivity contribution is 7.99. The van der Waals surface area contributed by atoms with E-state index in [1.54, 1.807) is 18.2 Å². The van der Waals surface area contributed by atoms with Crippen molar-refractivity contribution in [3.63, 3.8) is 0 Å². The molecule has 1 aliphatic heterocycles. The molecule has 1 atom stereocenters. The maximum atomic E-state index is 11.9. The van der Waals surface area contributed by atoms with Crippen LogP contribution in [0.3, 0.4) is 0 Å². The summed E-state index contributed by atoms with van der Waals surface area (Å²) in [6, 6.07) is 5.76. The SMILES string of the molecule is CC1CSCCN1CCCC(=O)Nc1ccc(Cl)c(N)c1. The smallest absolute Gasteiger partial charge is 0.224 e. The summed E-state index contributed by atoms with van der Waals surface area (Å²) in [4.78, 5) is 14.4. The van der Waals surface area contributed by atoms with Crippen LogP contribution < -0.4 is 11.1 Å². The van der Waals surface area contributed by atoms with Crippen LogP contribution in [-0.4, -0.2) is 41.4 Å². The number of nitrogens with one attached hydrogen (secondary N) is 1. The van der Waals surface area contributed by atoms with Crippen molar-refractivity contribution in [1.82, 2.24) is 4.90 Å². The first-order chi connectivity index (χ1) is 10.1. The van der Waals surface area contributed by atoms with Gasteiger partial charge in [0, 0.05) is 36.2 Å². The number of rotatable bonds is 5. The van der Waals surface area contributed by atoms with Gasteiger partial charge in [0.05, 0.1) is 10.7 Å². The zero-order valence-electron chi connectivity index (χ0n) is 12.3. The monoisotopic (exact) mass is 327 g/mol. The number of amides is 1. The zero-order chi connectivity index (χ0) is 15.2. The van der Waals surface area contributed by atoms with Gasteiger partial charge < -0.3 is 11.1 Å². The van der Waals surface area contributed by atoms with E-state index in [1.807, 2.05) is 11.8 Å². The van der Waals surface area contributed by atoms with E-state index < -0.39 is 0 Å². The second-order valence-electron chi connectivity index (χ2n) is 5.35. The summed E-state index contributed by atoms with van der Waals surface area (Å²) < 4.78 is 0. The van der Waals surface area contributed by atoms with Gasteiger partial charge in [-0.05, 0) is 38.1 Å². The number of hydrogen-bond acceptors (Lipinski definition) is 4. The molecular formula is C15H22ClN3OS. The molecule has 1 aromatic carbocycles. The van der Waals surface area contributed by atoms with E-state index >= 15 is 0 Å². The van der Waals surface area contributed by atoms with Gasteiger partial charge in [-0.3, -0.25) is 9.69 Å². The number of nitrogen functional groups attached to an aromatic ring is 1. The van der Waals surface area contributed by atoms with Gasteiger partial charge in [0.2, 0.25) is 5.91 Å². The van der Waals surface area contributed by atoms with E-state index in [1.165, 1.54) is 11.5 Å². The Morgan fingerprint density at radius 1 is 1.57 bits per heavy atom. The van der Waals surface area contributed by atoms with E-state index in [-0.39, 0.29) is 5.91 Å². The molecule has 21 heavy (non-hydrogen) atoms. The Kier molecular flexibility index (Phi) is 6.21. The van der Waals surface area contributed by atoms with Crippen LogP contribution in [-0.2, 0) is 4.79 Å². The Morgan fingerprint density at radius 3 is 3.10 bits per heavy atom. The Hall–Kier alpha value is -0.910. The van der Waals surface area contributed by atoms with Crippen LogP contribution in [0, 0.1) is 0 Å². The fourth-order valence-corrected chi connectivity index (χ4v) is 3.58. The van der Waals surface area contributed by atoms with Gasteiger partial charge in [0.1, 0.15) is 0 Å². The average Bonchev–Trinajstić information content (AvgIpc) is 2.45. The molecular weight excluding hydrogens is 306 g/mol. The Labute approximate surface area is 135 Å². The Bertz CT molecular complexity index is 498. The van der Waals surface area contributed by atoms with Crippen LogP contribution in [0.1, 0.15) is 19.8 Å². The lowest BCUT2D eigenvalue weighted by atomic mass is 10.2. The third-order valence-electron chi connectivity index (χ3n) is 3.63. The van der Waals surface area contributed by atoms with Crippen molar-refractivity contribution in [1.29, 1.82) is 0 Å². The number of hydrogen-bond donors (Lipinski definition) is 2. The molecule has 0 aliphatic carbocycles. The maximum Gasteiger partial charge on any atom is 0.224 e. The van der Waals surface area contributed by atoms with E-state index in [9.17, 15) is 4.79 Å². The van der Waals surface area contributed by atoms with Crippen LogP contribution >= 0.6 is 23.4 Å². The Balaban J connectivity index is 1.73. The summed E-state index contributed by atoms with van der Waals surface area (Å²) in [5, 5.41) is 3.36. The number of nitrogens with zero attached hydrogens (tertiary/aromatic N) is 1. The highest BCUT2D eigenvalue weighted by atomic mass is 35.5. The van der Waals surface area contributed by atoms with Gasteiger partial charge >= 0.3 is 0 Å². The Morgan fingerprint density at radius 2 is 2.38 bits per heavy atom. The summed E-state index contributed by atoms with van der Waals surface area (Å²) in [5.41, 5.74) is 6.90. The molecule has 1 fully saturated rings. The molecule has 1 saturated heterocycles. The first-order valence-electron chi connectivity index (χ1n) is 7.23. The first-order valence-corrected chi connectivity index (χ1v) is 8.76. The maximum absolute atomic E-state index is 11.9. The second kappa shape index (κ2) is 7.92. The van der Waals surface area contributed by atoms with Crippen LogP contribution in [0.25, 0.3) is 0 Å².